The molecule has 1 heterocycles. The minimum atomic E-state index is -0.422. The first-order valence-corrected chi connectivity index (χ1v) is 8.71. The fourth-order valence-electron chi connectivity index (χ4n) is 2.16. The number of guanidine groups is 1. The molecule has 6 nitrogen and oxygen atoms in total. The van der Waals surface area contributed by atoms with Crippen LogP contribution in [0.3, 0.4) is 0 Å². The van der Waals surface area contributed by atoms with Gasteiger partial charge < -0.3 is 16.4 Å². The van der Waals surface area contributed by atoms with Crippen molar-refractivity contribution in [1.29, 1.82) is 0 Å². The third-order valence-electron chi connectivity index (χ3n) is 3.48. The summed E-state index contributed by atoms with van der Waals surface area (Å²) in [5, 5.41) is 7.62. The van der Waals surface area contributed by atoms with E-state index < -0.39 is 5.91 Å². The van der Waals surface area contributed by atoms with Crippen molar-refractivity contribution in [3.05, 3.63) is 51.5 Å². The molecule has 2 aromatic rings. The number of rotatable bonds is 7. The van der Waals surface area contributed by atoms with E-state index in [1.165, 1.54) is 4.88 Å². The van der Waals surface area contributed by atoms with Gasteiger partial charge in [-0.25, -0.2) is 4.98 Å². The lowest BCUT2D eigenvalue weighted by Crippen LogP contribution is -2.37. The van der Waals surface area contributed by atoms with Gasteiger partial charge in [-0.05, 0) is 24.1 Å². The van der Waals surface area contributed by atoms with Crippen LogP contribution in [0.1, 0.15) is 32.7 Å². The first-order chi connectivity index (χ1) is 11.6. The van der Waals surface area contributed by atoms with E-state index in [0.717, 1.165) is 30.0 Å². The topological polar surface area (TPSA) is 92.4 Å². The molecule has 24 heavy (non-hydrogen) atoms. The first-order valence-electron chi connectivity index (χ1n) is 7.89. The van der Waals surface area contributed by atoms with Crippen molar-refractivity contribution >= 4 is 23.2 Å². The molecule has 0 radical (unpaired) electrons. The zero-order valence-electron chi connectivity index (χ0n) is 14.0. The number of aryl methyl sites for hydroxylation is 1. The molecule has 128 valence electrons. The number of aliphatic imine (C=N–C) groups is 1. The number of hydrogen-bond acceptors (Lipinski definition) is 4. The van der Waals surface area contributed by atoms with Crippen molar-refractivity contribution in [2.24, 2.45) is 10.7 Å². The number of nitrogens with two attached hydrogens (primary N) is 1. The van der Waals surface area contributed by atoms with Gasteiger partial charge in [0.1, 0.15) is 0 Å². The van der Waals surface area contributed by atoms with Gasteiger partial charge in [0, 0.05) is 43.2 Å². The van der Waals surface area contributed by atoms with Crippen LogP contribution in [0.4, 0.5) is 0 Å². The molecule has 0 bridgehead atoms. The largest absolute Gasteiger partial charge is 0.366 e. The van der Waals surface area contributed by atoms with Crippen LogP contribution in [-0.2, 0) is 19.4 Å². The number of nitrogens with zero attached hydrogens (tertiary/aromatic N) is 2. The molecular weight excluding hydrogens is 322 g/mol. The molecule has 1 aromatic carbocycles. The normalized spacial score (nSPS) is 11.3. The molecule has 0 fully saturated rings. The van der Waals surface area contributed by atoms with Crippen LogP contribution >= 0.6 is 11.3 Å². The summed E-state index contributed by atoms with van der Waals surface area (Å²) in [5.74, 6) is 0.293. The van der Waals surface area contributed by atoms with Crippen molar-refractivity contribution < 1.29 is 4.79 Å². The number of amides is 1. The molecule has 0 atom stereocenters. The van der Waals surface area contributed by atoms with Gasteiger partial charge in [0.15, 0.2) is 5.96 Å². The predicted octanol–water partition coefficient (Wildman–Crippen LogP) is 1.71. The quantitative estimate of drug-likeness (QED) is 0.526. The second-order valence-electron chi connectivity index (χ2n) is 5.24. The number of nitrogens with one attached hydrogen (secondary N) is 2. The SMILES string of the molecule is CCc1cnc(CCNC(=NC)NCc2cccc(C(N)=O)c2)s1. The molecular formula is C17H23N5OS. The highest BCUT2D eigenvalue weighted by molar-refractivity contribution is 7.11. The zero-order valence-corrected chi connectivity index (χ0v) is 14.8. The summed E-state index contributed by atoms with van der Waals surface area (Å²) >= 11 is 1.75. The third-order valence-corrected chi connectivity index (χ3v) is 4.68. The third kappa shape index (κ3) is 5.34. The van der Waals surface area contributed by atoms with Gasteiger partial charge >= 0.3 is 0 Å². The predicted molar refractivity (Wildman–Crippen MR) is 98.4 cm³/mol. The molecule has 0 aliphatic carbocycles. The Morgan fingerprint density at radius 3 is 2.88 bits per heavy atom. The molecule has 0 spiro atoms. The first kappa shape index (κ1) is 17.9. The minimum Gasteiger partial charge on any atom is -0.366 e. The van der Waals surface area contributed by atoms with E-state index in [4.69, 9.17) is 5.73 Å². The molecule has 0 aliphatic heterocycles. The number of primary amides is 1. The van der Waals surface area contributed by atoms with Gasteiger partial charge in [-0.15, -0.1) is 11.3 Å². The van der Waals surface area contributed by atoms with Gasteiger partial charge in [-0.2, -0.15) is 0 Å². The fourth-order valence-corrected chi connectivity index (χ4v) is 3.02. The Hall–Kier alpha value is -2.41. The maximum absolute atomic E-state index is 11.2. The molecule has 7 heteroatoms. The number of benzene rings is 1. The zero-order chi connectivity index (χ0) is 17.4. The van der Waals surface area contributed by atoms with Crippen molar-refractivity contribution in [1.82, 2.24) is 15.6 Å². The summed E-state index contributed by atoms with van der Waals surface area (Å²) in [5.41, 5.74) is 6.78. The van der Waals surface area contributed by atoms with Crippen LogP contribution in [0.25, 0.3) is 0 Å². The highest BCUT2D eigenvalue weighted by Crippen LogP contribution is 2.13. The Kier molecular flexibility index (Phi) is 6.74. The number of carbonyl (C=O) groups excluding carboxylic acids is 1. The molecule has 4 N–H and O–H groups in total. The molecule has 0 unspecified atom stereocenters. The lowest BCUT2D eigenvalue weighted by Gasteiger charge is -2.11. The van der Waals surface area contributed by atoms with Crippen LogP contribution in [0.2, 0.25) is 0 Å². The maximum atomic E-state index is 11.2. The van der Waals surface area contributed by atoms with Crippen molar-refractivity contribution in [3.8, 4) is 0 Å². The van der Waals surface area contributed by atoms with E-state index in [1.807, 2.05) is 18.3 Å². The van der Waals surface area contributed by atoms with Crippen LogP contribution in [0.5, 0.6) is 0 Å². The van der Waals surface area contributed by atoms with Crippen LogP contribution in [0, 0.1) is 0 Å². The van der Waals surface area contributed by atoms with Crippen molar-refractivity contribution in [3.63, 3.8) is 0 Å². The smallest absolute Gasteiger partial charge is 0.248 e. The van der Waals surface area contributed by atoms with E-state index in [9.17, 15) is 4.79 Å². The Balaban J connectivity index is 1.80. The minimum absolute atomic E-state index is 0.422. The highest BCUT2D eigenvalue weighted by atomic mass is 32.1. The number of thiazole rings is 1. The summed E-state index contributed by atoms with van der Waals surface area (Å²) in [6.07, 6.45) is 3.83. The molecule has 0 saturated heterocycles. The second-order valence-corrected chi connectivity index (χ2v) is 6.44. The van der Waals surface area contributed by atoms with Crippen molar-refractivity contribution in [2.45, 2.75) is 26.3 Å². The summed E-state index contributed by atoms with van der Waals surface area (Å²) in [6, 6.07) is 7.25. The van der Waals surface area contributed by atoms with E-state index in [-0.39, 0.29) is 0 Å². The summed E-state index contributed by atoms with van der Waals surface area (Å²) in [6.45, 7) is 3.46. The molecule has 0 saturated carbocycles. The Labute approximate surface area is 146 Å². The lowest BCUT2D eigenvalue weighted by molar-refractivity contribution is 0.1000. The van der Waals surface area contributed by atoms with E-state index in [0.29, 0.717) is 18.1 Å². The van der Waals surface area contributed by atoms with Crippen molar-refractivity contribution in [2.75, 3.05) is 13.6 Å². The van der Waals surface area contributed by atoms with Gasteiger partial charge in [-0.3, -0.25) is 9.79 Å². The van der Waals surface area contributed by atoms with Gasteiger partial charge in [-0.1, -0.05) is 19.1 Å². The van der Waals surface area contributed by atoms with Crippen LogP contribution in [0.15, 0.2) is 35.5 Å². The average molecular weight is 345 g/mol. The summed E-state index contributed by atoms with van der Waals surface area (Å²) in [7, 11) is 1.73. The molecule has 1 aromatic heterocycles. The number of hydrogen-bond donors (Lipinski definition) is 3. The summed E-state index contributed by atoms with van der Waals surface area (Å²) < 4.78 is 0. The number of carbonyl (C=O) groups is 1. The maximum Gasteiger partial charge on any atom is 0.248 e. The van der Waals surface area contributed by atoms with E-state index >= 15 is 0 Å². The Morgan fingerprint density at radius 2 is 2.21 bits per heavy atom. The van der Waals surface area contributed by atoms with E-state index in [1.54, 1.807) is 30.5 Å². The van der Waals surface area contributed by atoms with Gasteiger partial charge in [0.25, 0.3) is 0 Å². The second kappa shape index (κ2) is 9.02. The lowest BCUT2D eigenvalue weighted by atomic mass is 10.1. The molecule has 2 rings (SSSR count). The standard InChI is InChI=1S/C17H23N5OS/c1-3-14-11-21-15(24-14)7-8-20-17(19-2)22-10-12-5-4-6-13(9-12)16(18)23/h4-6,9,11H,3,7-8,10H2,1-2H3,(H2,18,23)(H2,19,20,22). The number of aromatic nitrogens is 1. The molecule has 0 aliphatic rings. The molecule has 1 amide bonds. The fraction of sp³-hybridized carbons (Fsp3) is 0.353. The Bertz CT molecular complexity index is 711. The Morgan fingerprint density at radius 1 is 1.38 bits per heavy atom. The van der Waals surface area contributed by atoms with Crippen LogP contribution in [-0.4, -0.2) is 30.4 Å². The highest BCUT2D eigenvalue weighted by Gasteiger charge is 2.04. The monoisotopic (exact) mass is 345 g/mol. The van der Waals surface area contributed by atoms with E-state index in [2.05, 4.69) is 27.5 Å². The van der Waals surface area contributed by atoms with Crippen LogP contribution < -0.4 is 16.4 Å². The summed E-state index contributed by atoms with van der Waals surface area (Å²) in [4.78, 5) is 21.1. The van der Waals surface area contributed by atoms with Gasteiger partial charge in [0.05, 0.1) is 5.01 Å². The van der Waals surface area contributed by atoms with Gasteiger partial charge in [0.2, 0.25) is 5.91 Å². The average Bonchev–Trinajstić information content (AvgIpc) is 3.06.